The lowest BCUT2D eigenvalue weighted by Gasteiger charge is -2.22. The molecule has 1 saturated heterocycles. The van der Waals surface area contributed by atoms with Gasteiger partial charge in [-0.05, 0) is 60.7 Å². The summed E-state index contributed by atoms with van der Waals surface area (Å²) in [6.45, 7) is 2.74. The average Bonchev–Trinajstić information content (AvgIpc) is 3.46. The number of rotatable bonds is 4. The van der Waals surface area contributed by atoms with E-state index in [0.29, 0.717) is 29.1 Å². The van der Waals surface area contributed by atoms with Crippen molar-refractivity contribution in [2.24, 2.45) is 0 Å². The molecule has 1 N–H and O–H groups in total. The molecule has 0 radical (unpaired) electrons. The van der Waals surface area contributed by atoms with Crippen LogP contribution >= 0.6 is 0 Å². The van der Waals surface area contributed by atoms with Crippen molar-refractivity contribution in [3.8, 4) is 11.1 Å². The summed E-state index contributed by atoms with van der Waals surface area (Å²) in [5.74, 6) is 0.237. The lowest BCUT2D eigenvalue weighted by Crippen LogP contribution is -2.34. The molecule has 0 saturated carbocycles. The van der Waals surface area contributed by atoms with Crippen molar-refractivity contribution in [3.05, 3.63) is 84.0 Å². The highest BCUT2D eigenvalue weighted by Gasteiger charge is 2.33. The first-order chi connectivity index (χ1) is 15.6. The molecule has 0 bridgehead atoms. The fourth-order valence-electron chi connectivity index (χ4n) is 4.24. The van der Waals surface area contributed by atoms with E-state index >= 15 is 0 Å². The number of anilines is 1. The van der Waals surface area contributed by atoms with Gasteiger partial charge in [0.1, 0.15) is 17.4 Å². The van der Waals surface area contributed by atoms with Crippen LogP contribution in [0.2, 0.25) is 0 Å². The summed E-state index contributed by atoms with van der Waals surface area (Å²) in [6.07, 6.45) is 2.63. The lowest BCUT2D eigenvalue weighted by molar-refractivity contribution is 0.199. The summed E-state index contributed by atoms with van der Waals surface area (Å²) in [6, 6.07) is 19.6. The number of fused-ring (bicyclic) bond motifs is 1. The van der Waals surface area contributed by atoms with Crippen LogP contribution in [0.25, 0.3) is 22.2 Å². The highest BCUT2D eigenvalue weighted by atomic mass is 19.1. The van der Waals surface area contributed by atoms with Gasteiger partial charge in [0, 0.05) is 17.8 Å². The molecule has 2 heterocycles. The number of aromatic nitrogens is 1. The van der Waals surface area contributed by atoms with Gasteiger partial charge in [0.15, 0.2) is 5.58 Å². The molecule has 3 aromatic carbocycles. The number of hydrogen-bond acceptors (Lipinski definition) is 3. The first-order valence-electron chi connectivity index (χ1n) is 10.9. The van der Waals surface area contributed by atoms with Gasteiger partial charge in [-0.3, -0.25) is 0 Å². The van der Waals surface area contributed by atoms with Crippen molar-refractivity contribution in [3.63, 3.8) is 0 Å². The van der Waals surface area contributed by atoms with E-state index in [-0.39, 0.29) is 17.9 Å². The van der Waals surface area contributed by atoms with Gasteiger partial charge < -0.3 is 14.6 Å². The standard InChI is InChI=1S/C26H24FN3O2/c1-2-17-9-12-19(13-10-17)28-26(31)30-15-5-8-23(30)25-29-22-16-18(11-14-24(22)32-25)20-6-3-4-7-21(20)27/h3-4,6-7,9-14,16,23H,2,5,8,15H2,1H3,(H,28,31)/t23-/m1/s1. The number of hydrogen-bond donors (Lipinski definition) is 1. The number of carbonyl (C=O) groups excluding carboxylic acids is 1. The van der Waals surface area contributed by atoms with E-state index in [9.17, 15) is 9.18 Å². The Labute approximate surface area is 185 Å². The molecule has 4 aromatic rings. The van der Waals surface area contributed by atoms with Gasteiger partial charge in [0.05, 0.1) is 0 Å². The predicted molar refractivity (Wildman–Crippen MR) is 123 cm³/mol. The summed E-state index contributed by atoms with van der Waals surface area (Å²) < 4.78 is 20.2. The molecule has 0 unspecified atom stereocenters. The third kappa shape index (κ3) is 3.84. The molecular formula is C26H24FN3O2. The second-order valence-corrected chi connectivity index (χ2v) is 8.05. The van der Waals surface area contributed by atoms with Crippen molar-refractivity contribution < 1.29 is 13.6 Å². The van der Waals surface area contributed by atoms with Crippen LogP contribution in [-0.2, 0) is 6.42 Å². The SMILES string of the molecule is CCc1ccc(NC(=O)N2CCC[C@@H]2c2nc3cc(-c4ccccc4F)ccc3o2)cc1. The molecule has 5 nitrogen and oxygen atoms in total. The highest BCUT2D eigenvalue weighted by molar-refractivity contribution is 5.90. The van der Waals surface area contributed by atoms with Crippen molar-refractivity contribution >= 4 is 22.8 Å². The summed E-state index contributed by atoms with van der Waals surface area (Å²) in [7, 11) is 0. The zero-order valence-corrected chi connectivity index (χ0v) is 17.8. The van der Waals surface area contributed by atoms with Gasteiger partial charge in [-0.15, -0.1) is 0 Å². The average molecular weight is 429 g/mol. The number of amides is 2. The molecular weight excluding hydrogens is 405 g/mol. The third-order valence-electron chi connectivity index (χ3n) is 6.00. The molecule has 32 heavy (non-hydrogen) atoms. The van der Waals surface area contributed by atoms with Crippen molar-refractivity contribution in [1.29, 1.82) is 0 Å². The number of oxazole rings is 1. The minimum absolute atomic E-state index is 0.161. The van der Waals surface area contributed by atoms with Crippen LogP contribution in [0, 0.1) is 5.82 Å². The van der Waals surface area contributed by atoms with E-state index in [1.54, 1.807) is 17.0 Å². The first kappa shape index (κ1) is 20.2. The fraction of sp³-hybridized carbons (Fsp3) is 0.231. The maximum atomic E-state index is 14.2. The molecule has 1 aromatic heterocycles. The highest BCUT2D eigenvalue weighted by Crippen LogP contribution is 2.35. The third-order valence-corrected chi connectivity index (χ3v) is 6.00. The lowest BCUT2D eigenvalue weighted by atomic mass is 10.0. The number of urea groups is 1. The molecule has 0 spiro atoms. The molecule has 0 aliphatic carbocycles. The number of benzene rings is 3. The van der Waals surface area contributed by atoms with Gasteiger partial charge in [0.2, 0.25) is 5.89 Å². The summed E-state index contributed by atoms with van der Waals surface area (Å²) in [5, 5.41) is 2.98. The molecule has 5 rings (SSSR count). The van der Waals surface area contributed by atoms with Crippen LogP contribution in [0.5, 0.6) is 0 Å². The van der Waals surface area contributed by atoms with Gasteiger partial charge in [-0.1, -0.05) is 43.3 Å². The van der Waals surface area contributed by atoms with E-state index in [2.05, 4.69) is 17.2 Å². The van der Waals surface area contributed by atoms with E-state index in [1.165, 1.54) is 11.6 Å². The Morgan fingerprint density at radius 1 is 1.16 bits per heavy atom. The second-order valence-electron chi connectivity index (χ2n) is 8.05. The van der Waals surface area contributed by atoms with Crippen LogP contribution in [0.1, 0.15) is 37.3 Å². The van der Waals surface area contributed by atoms with Crippen LogP contribution < -0.4 is 5.32 Å². The van der Waals surface area contributed by atoms with E-state index in [0.717, 1.165) is 30.5 Å². The number of carbonyl (C=O) groups is 1. The molecule has 1 atom stereocenters. The normalized spacial score (nSPS) is 15.9. The van der Waals surface area contributed by atoms with Crippen molar-refractivity contribution in [2.75, 3.05) is 11.9 Å². The quantitative estimate of drug-likeness (QED) is 0.399. The Hall–Kier alpha value is -3.67. The molecule has 2 amide bonds. The monoisotopic (exact) mass is 429 g/mol. The van der Waals surface area contributed by atoms with Gasteiger partial charge in [-0.25, -0.2) is 14.2 Å². The van der Waals surface area contributed by atoms with E-state index in [4.69, 9.17) is 4.42 Å². The minimum atomic E-state index is -0.277. The van der Waals surface area contributed by atoms with Crippen molar-refractivity contribution in [1.82, 2.24) is 9.88 Å². The summed E-state index contributed by atoms with van der Waals surface area (Å²) in [5.41, 5.74) is 4.54. The van der Waals surface area contributed by atoms with Crippen LogP contribution in [-0.4, -0.2) is 22.5 Å². The van der Waals surface area contributed by atoms with Crippen LogP contribution in [0.15, 0.2) is 71.1 Å². The van der Waals surface area contributed by atoms with Gasteiger partial charge in [0.25, 0.3) is 0 Å². The fourth-order valence-corrected chi connectivity index (χ4v) is 4.24. The molecule has 1 aliphatic rings. The number of halogens is 1. The zero-order valence-electron chi connectivity index (χ0n) is 17.8. The van der Waals surface area contributed by atoms with Crippen LogP contribution in [0.3, 0.4) is 0 Å². The Balaban J connectivity index is 1.38. The minimum Gasteiger partial charge on any atom is -0.438 e. The Bertz CT molecular complexity index is 1270. The zero-order chi connectivity index (χ0) is 22.1. The Morgan fingerprint density at radius 2 is 1.97 bits per heavy atom. The predicted octanol–water partition coefficient (Wildman–Crippen LogP) is 6.57. The number of likely N-dealkylation sites (tertiary alicyclic amines) is 1. The molecule has 1 fully saturated rings. The summed E-state index contributed by atoms with van der Waals surface area (Å²) >= 11 is 0. The Kier molecular flexibility index (Phi) is 5.35. The second kappa shape index (κ2) is 8.46. The molecule has 1 aliphatic heterocycles. The number of nitrogens with one attached hydrogen (secondary N) is 1. The van der Waals surface area contributed by atoms with E-state index in [1.807, 2.05) is 48.5 Å². The van der Waals surface area contributed by atoms with E-state index < -0.39 is 0 Å². The smallest absolute Gasteiger partial charge is 0.322 e. The summed E-state index contributed by atoms with van der Waals surface area (Å²) in [4.78, 5) is 19.4. The van der Waals surface area contributed by atoms with Crippen molar-refractivity contribution in [2.45, 2.75) is 32.2 Å². The molecule has 162 valence electrons. The Morgan fingerprint density at radius 3 is 2.75 bits per heavy atom. The maximum absolute atomic E-state index is 14.2. The maximum Gasteiger partial charge on any atom is 0.322 e. The number of aryl methyl sites for hydroxylation is 1. The molecule has 6 heteroatoms. The van der Waals surface area contributed by atoms with Crippen LogP contribution in [0.4, 0.5) is 14.9 Å². The van der Waals surface area contributed by atoms with Gasteiger partial charge >= 0.3 is 6.03 Å². The largest absolute Gasteiger partial charge is 0.438 e. The van der Waals surface area contributed by atoms with Gasteiger partial charge in [-0.2, -0.15) is 0 Å². The number of nitrogens with zero attached hydrogens (tertiary/aromatic N) is 2. The topological polar surface area (TPSA) is 58.4 Å². The first-order valence-corrected chi connectivity index (χ1v) is 10.9.